The van der Waals surface area contributed by atoms with E-state index in [1.807, 2.05) is 0 Å². The average molecular weight is 239 g/mol. The number of hydrogen-bond acceptors (Lipinski definition) is 3. The monoisotopic (exact) mass is 239 g/mol. The van der Waals surface area contributed by atoms with E-state index < -0.39 is 0 Å². The van der Waals surface area contributed by atoms with Gasteiger partial charge in [-0.15, -0.1) is 0 Å². The van der Waals surface area contributed by atoms with Crippen LogP contribution >= 0.6 is 0 Å². The summed E-state index contributed by atoms with van der Waals surface area (Å²) in [6.07, 6.45) is 6.80. The van der Waals surface area contributed by atoms with Crippen LogP contribution in [0.4, 0.5) is 0 Å². The number of nitrogens with zero attached hydrogens (tertiary/aromatic N) is 2. The second-order valence-electron chi connectivity index (χ2n) is 6.05. The third-order valence-corrected chi connectivity index (χ3v) is 4.71. The van der Waals surface area contributed by atoms with E-state index in [0.29, 0.717) is 5.54 Å². The molecule has 0 unspecified atom stereocenters. The highest BCUT2D eigenvalue weighted by molar-refractivity contribution is 4.88. The molecule has 2 saturated heterocycles. The predicted octanol–water partition coefficient (Wildman–Crippen LogP) is 1.55. The molecular formula is C14H29N3. The van der Waals surface area contributed by atoms with Crippen LogP contribution in [0.25, 0.3) is 0 Å². The van der Waals surface area contributed by atoms with Gasteiger partial charge in [0, 0.05) is 5.54 Å². The van der Waals surface area contributed by atoms with Gasteiger partial charge in [0.05, 0.1) is 0 Å². The van der Waals surface area contributed by atoms with Gasteiger partial charge in [0.1, 0.15) is 0 Å². The number of piperidine rings is 1. The summed E-state index contributed by atoms with van der Waals surface area (Å²) >= 11 is 0. The molecule has 2 aliphatic heterocycles. The molecule has 0 saturated carbocycles. The van der Waals surface area contributed by atoms with Gasteiger partial charge in [0.25, 0.3) is 0 Å². The largest absolute Gasteiger partial charge is 0.314 e. The number of rotatable bonds is 5. The molecule has 0 aliphatic carbocycles. The molecule has 0 amide bonds. The van der Waals surface area contributed by atoms with Gasteiger partial charge in [-0.25, -0.2) is 0 Å². The molecule has 2 fully saturated rings. The van der Waals surface area contributed by atoms with E-state index in [0.717, 1.165) is 0 Å². The summed E-state index contributed by atoms with van der Waals surface area (Å²) in [7, 11) is 2.10. The van der Waals surface area contributed by atoms with E-state index in [9.17, 15) is 0 Å². The quantitative estimate of drug-likeness (QED) is 0.785. The maximum atomic E-state index is 3.47. The van der Waals surface area contributed by atoms with Gasteiger partial charge < -0.3 is 15.1 Å². The fourth-order valence-corrected chi connectivity index (χ4v) is 3.04. The smallest absolute Gasteiger partial charge is 0.0174 e. The van der Waals surface area contributed by atoms with Crippen LogP contribution in [0.5, 0.6) is 0 Å². The predicted molar refractivity (Wildman–Crippen MR) is 73.4 cm³/mol. The number of nitrogens with one attached hydrogen (secondary N) is 1. The Morgan fingerprint density at radius 2 is 1.47 bits per heavy atom. The van der Waals surface area contributed by atoms with Crippen LogP contribution < -0.4 is 5.32 Å². The average Bonchev–Trinajstić information content (AvgIpc) is 2.85. The van der Waals surface area contributed by atoms with Gasteiger partial charge in [-0.05, 0) is 85.3 Å². The molecule has 100 valence electrons. The molecule has 3 heteroatoms. The van der Waals surface area contributed by atoms with Crippen LogP contribution in [-0.2, 0) is 0 Å². The summed E-state index contributed by atoms with van der Waals surface area (Å²) in [5.74, 6) is 0. The first-order valence-electron chi connectivity index (χ1n) is 7.35. The van der Waals surface area contributed by atoms with Crippen LogP contribution in [0, 0.1) is 0 Å². The zero-order chi connectivity index (χ0) is 12.1. The van der Waals surface area contributed by atoms with Crippen LogP contribution in [0.1, 0.15) is 39.0 Å². The summed E-state index contributed by atoms with van der Waals surface area (Å²) in [6, 6.07) is 0. The van der Waals surface area contributed by atoms with Crippen molar-refractivity contribution < 1.29 is 0 Å². The van der Waals surface area contributed by atoms with Crippen LogP contribution in [0.2, 0.25) is 0 Å². The highest BCUT2D eigenvalue weighted by Crippen LogP contribution is 2.21. The Morgan fingerprint density at radius 3 is 2.00 bits per heavy atom. The van der Waals surface area contributed by atoms with E-state index in [4.69, 9.17) is 0 Å². The van der Waals surface area contributed by atoms with Crippen LogP contribution in [-0.4, -0.2) is 61.7 Å². The molecule has 1 N–H and O–H groups in total. The van der Waals surface area contributed by atoms with Crippen molar-refractivity contribution in [1.82, 2.24) is 15.1 Å². The van der Waals surface area contributed by atoms with Crippen molar-refractivity contribution >= 4 is 0 Å². The molecular weight excluding hydrogens is 210 g/mol. The zero-order valence-corrected chi connectivity index (χ0v) is 11.7. The summed E-state index contributed by atoms with van der Waals surface area (Å²) in [5, 5.41) is 3.47. The lowest BCUT2D eigenvalue weighted by Gasteiger charge is -2.39. The van der Waals surface area contributed by atoms with Crippen LogP contribution in [0.3, 0.4) is 0 Å². The van der Waals surface area contributed by atoms with Gasteiger partial charge in [-0.3, -0.25) is 0 Å². The maximum absolute atomic E-state index is 3.47. The minimum Gasteiger partial charge on any atom is -0.314 e. The molecule has 0 atom stereocenters. The molecule has 2 rings (SSSR count). The maximum Gasteiger partial charge on any atom is 0.0174 e. The Hall–Kier alpha value is -0.120. The lowest BCUT2D eigenvalue weighted by Crippen LogP contribution is -2.50. The Morgan fingerprint density at radius 1 is 0.941 bits per heavy atom. The Kier molecular flexibility index (Phi) is 4.83. The van der Waals surface area contributed by atoms with Crippen molar-refractivity contribution in [2.24, 2.45) is 0 Å². The molecule has 3 nitrogen and oxygen atoms in total. The first kappa shape index (κ1) is 13.3. The normalized spacial score (nSPS) is 26.5. The third-order valence-electron chi connectivity index (χ3n) is 4.71. The van der Waals surface area contributed by atoms with Crippen molar-refractivity contribution in [3.05, 3.63) is 0 Å². The van der Waals surface area contributed by atoms with Crippen LogP contribution in [0.15, 0.2) is 0 Å². The molecule has 0 radical (unpaired) electrons. The van der Waals surface area contributed by atoms with Gasteiger partial charge in [-0.2, -0.15) is 0 Å². The van der Waals surface area contributed by atoms with E-state index in [-0.39, 0.29) is 0 Å². The van der Waals surface area contributed by atoms with Gasteiger partial charge in [0.2, 0.25) is 0 Å². The van der Waals surface area contributed by atoms with Crippen molar-refractivity contribution in [1.29, 1.82) is 0 Å². The van der Waals surface area contributed by atoms with Crippen molar-refractivity contribution in [3.8, 4) is 0 Å². The summed E-state index contributed by atoms with van der Waals surface area (Å²) < 4.78 is 0. The molecule has 2 heterocycles. The second-order valence-corrected chi connectivity index (χ2v) is 6.05. The third kappa shape index (κ3) is 3.94. The van der Waals surface area contributed by atoms with Gasteiger partial charge in [-0.1, -0.05) is 0 Å². The SMILES string of the molecule is CNC1(C)CCN(CCCN2CCCC2)CC1. The lowest BCUT2D eigenvalue weighted by molar-refractivity contribution is 0.146. The minimum atomic E-state index is 0.394. The fourth-order valence-electron chi connectivity index (χ4n) is 3.04. The van der Waals surface area contributed by atoms with E-state index in [2.05, 4.69) is 29.1 Å². The molecule has 17 heavy (non-hydrogen) atoms. The van der Waals surface area contributed by atoms with Gasteiger partial charge >= 0.3 is 0 Å². The molecule has 0 aromatic rings. The first-order valence-corrected chi connectivity index (χ1v) is 7.35. The molecule has 0 spiro atoms. The highest BCUT2D eigenvalue weighted by atomic mass is 15.2. The Labute approximate surface area is 107 Å². The van der Waals surface area contributed by atoms with E-state index >= 15 is 0 Å². The molecule has 0 bridgehead atoms. The molecule has 0 aromatic heterocycles. The van der Waals surface area contributed by atoms with E-state index in [1.54, 1.807) is 0 Å². The van der Waals surface area contributed by atoms with Gasteiger partial charge in [0.15, 0.2) is 0 Å². The molecule has 2 aliphatic rings. The first-order chi connectivity index (χ1) is 8.22. The zero-order valence-electron chi connectivity index (χ0n) is 11.7. The highest BCUT2D eigenvalue weighted by Gasteiger charge is 2.27. The van der Waals surface area contributed by atoms with E-state index in [1.165, 1.54) is 71.4 Å². The second kappa shape index (κ2) is 6.17. The Bertz CT molecular complexity index is 216. The van der Waals surface area contributed by atoms with Crippen molar-refractivity contribution in [2.45, 2.75) is 44.6 Å². The Balaban J connectivity index is 1.58. The number of likely N-dealkylation sites (tertiary alicyclic amines) is 2. The lowest BCUT2D eigenvalue weighted by atomic mass is 9.90. The number of hydrogen-bond donors (Lipinski definition) is 1. The molecule has 0 aromatic carbocycles. The van der Waals surface area contributed by atoms with Crippen molar-refractivity contribution in [3.63, 3.8) is 0 Å². The summed E-state index contributed by atoms with van der Waals surface area (Å²) in [4.78, 5) is 5.27. The topological polar surface area (TPSA) is 18.5 Å². The minimum absolute atomic E-state index is 0.394. The standard InChI is InChI=1S/C14H29N3/c1-14(15-2)6-12-17(13-7-14)11-5-10-16-8-3-4-9-16/h15H,3-13H2,1-2H3. The van der Waals surface area contributed by atoms with Crippen molar-refractivity contribution in [2.75, 3.05) is 46.3 Å². The fraction of sp³-hybridized carbons (Fsp3) is 1.00. The summed E-state index contributed by atoms with van der Waals surface area (Å²) in [6.45, 7) is 10.2. The summed E-state index contributed by atoms with van der Waals surface area (Å²) in [5.41, 5.74) is 0.394.